The van der Waals surface area contributed by atoms with Crippen LogP contribution in [0.4, 0.5) is 5.69 Å². The van der Waals surface area contributed by atoms with E-state index in [1.54, 1.807) is 13.3 Å². The number of amides is 2. The zero-order valence-electron chi connectivity index (χ0n) is 23.0. The number of ether oxygens (including phenoxy) is 1. The topological polar surface area (TPSA) is 66.0 Å². The summed E-state index contributed by atoms with van der Waals surface area (Å²) < 4.78 is 5.45. The monoisotopic (exact) mass is 528 g/mol. The first-order valence-electron chi connectivity index (χ1n) is 15.0. The van der Waals surface area contributed by atoms with Crippen molar-refractivity contribution in [2.24, 2.45) is 5.92 Å². The number of hydrogen-bond donors (Lipinski definition) is 0. The summed E-state index contributed by atoms with van der Waals surface area (Å²) in [6.07, 6.45) is 10.9. The first kappa shape index (κ1) is 25.2. The van der Waals surface area contributed by atoms with Gasteiger partial charge in [-0.05, 0) is 88.2 Å². The van der Waals surface area contributed by atoms with Gasteiger partial charge in [-0.3, -0.25) is 14.6 Å². The van der Waals surface area contributed by atoms with Crippen LogP contribution < -0.4 is 4.90 Å². The smallest absolute Gasteiger partial charge is 0.238 e. The highest BCUT2D eigenvalue weighted by atomic mass is 16.5. The molecule has 3 aliphatic heterocycles. The van der Waals surface area contributed by atoms with Crippen LogP contribution in [-0.4, -0.2) is 71.5 Å². The van der Waals surface area contributed by atoms with Crippen molar-refractivity contribution in [3.8, 4) is 0 Å². The van der Waals surface area contributed by atoms with Gasteiger partial charge in [-0.2, -0.15) is 0 Å². The predicted molar refractivity (Wildman–Crippen MR) is 149 cm³/mol. The molecule has 39 heavy (non-hydrogen) atoms. The number of benzene rings is 1. The largest absolute Gasteiger partial charge is 0.381 e. The third kappa shape index (κ3) is 4.12. The maximum Gasteiger partial charge on any atom is 0.238 e. The van der Waals surface area contributed by atoms with E-state index in [1.807, 2.05) is 23.1 Å². The molecule has 5 aliphatic rings. The minimum atomic E-state index is -0.611. The maximum atomic E-state index is 14.6. The molecular formula is C32H40N4O3. The van der Waals surface area contributed by atoms with Crippen molar-refractivity contribution in [3.63, 3.8) is 0 Å². The van der Waals surface area contributed by atoms with Gasteiger partial charge in [-0.15, -0.1) is 0 Å². The van der Waals surface area contributed by atoms with Gasteiger partial charge in [-0.1, -0.05) is 30.7 Å². The average molecular weight is 529 g/mol. The van der Waals surface area contributed by atoms with Crippen molar-refractivity contribution >= 4 is 17.5 Å². The molecule has 7 nitrogen and oxygen atoms in total. The molecule has 0 bridgehead atoms. The lowest BCUT2D eigenvalue weighted by Gasteiger charge is -2.49. The molecule has 1 spiro atoms. The van der Waals surface area contributed by atoms with Gasteiger partial charge in [0, 0.05) is 43.5 Å². The van der Waals surface area contributed by atoms with Crippen LogP contribution in [0.15, 0.2) is 48.7 Å². The van der Waals surface area contributed by atoms with Crippen molar-refractivity contribution in [2.45, 2.75) is 87.4 Å². The molecule has 7 rings (SSSR count). The Morgan fingerprint density at radius 3 is 2.46 bits per heavy atom. The van der Waals surface area contributed by atoms with Gasteiger partial charge in [0.1, 0.15) is 0 Å². The van der Waals surface area contributed by atoms with Crippen LogP contribution in [-0.2, 0) is 19.7 Å². The Labute approximate surface area is 231 Å². The summed E-state index contributed by atoms with van der Waals surface area (Å²) in [5.41, 5.74) is 2.50. The number of carbonyl (C=O) groups is 2. The van der Waals surface area contributed by atoms with Gasteiger partial charge >= 0.3 is 0 Å². The highest BCUT2D eigenvalue weighted by molar-refractivity contribution is 6.09. The van der Waals surface area contributed by atoms with Gasteiger partial charge in [-0.25, -0.2) is 0 Å². The number of piperidine rings is 2. The summed E-state index contributed by atoms with van der Waals surface area (Å²) in [6.45, 7) is 2.98. The van der Waals surface area contributed by atoms with Crippen LogP contribution in [0.25, 0.3) is 0 Å². The van der Waals surface area contributed by atoms with E-state index >= 15 is 0 Å². The first-order valence-corrected chi connectivity index (χ1v) is 15.0. The Hall–Kier alpha value is -2.77. The molecule has 2 unspecified atom stereocenters. The Morgan fingerprint density at radius 2 is 1.72 bits per heavy atom. The van der Waals surface area contributed by atoms with Crippen LogP contribution in [0, 0.1) is 5.92 Å². The fraction of sp³-hybridized carbons (Fsp3) is 0.594. The summed E-state index contributed by atoms with van der Waals surface area (Å²) in [7, 11) is 1.72. The Bertz CT molecular complexity index is 1220. The van der Waals surface area contributed by atoms with Crippen LogP contribution in [0.5, 0.6) is 0 Å². The number of para-hydroxylation sites is 1. The zero-order valence-corrected chi connectivity index (χ0v) is 23.0. The van der Waals surface area contributed by atoms with Crippen LogP contribution in [0.3, 0.4) is 0 Å². The van der Waals surface area contributed by atoms with Gasteiger partial charge in [0.2, 0.25) is 11.8 Å². The van der Waals surface area contributed by atoms with Crippen molar-refractivity contribution in [2.75, 3.05) is 31.6 Å². The van der Waals surface area contributed by atoms with Crippen molar-refractivity contribution in [3.05, 3.63) is 59.9 Å². The SMILES string of the molecule is COC1CC(C(=O)N2CCC3(CC2c2ccccn2)C(=O)N(C2CC(N4CCCCC4)C2)c2ccccc23)C1. The van der Waals surface area contributed by atoms with E-state index in [4.69, 9.17) is 9.72 Å². The molecule has 206 valence electrons. The third-order valence-corrected chi connectivity index (χ3v) is 10.5. The van der Waals surface area contributed by atoms with Crippen molar-refractivity contribution in [1.82, 2.24) is 14.8 Å². The molecule has 2 saturated heterocycles. The Balaban J connectivity index is 1.17. The summed E-state index contributed by atoms with van der Waals surface area (Å²) in [5.74, 6) is 0.426. The highest BCUT2D eigenvalue weighted by Crippen LogP contribution is 2.54. The van der Waals surface area contributed by atoms with Gasteiger partial charge in [0.05, 0.1) is 23.3 Å². The standard InChI is InChI=1S/C32H40N4O3/c1-39-25-17-22(18-25)30(37)35-16-12-32(21-29(35)27-10-5-6-13-33-27)26-9-3-4-11-28(26)36(31(32)38)24-19-23(20-24)34-14-7-2-8-15-34/h3-6,9-11,13,22-25,29H,2,7-8,12,14-21H2,1H3. The number of hydrogen-bond acceptors (Lipinski definition) is 5. The maximum absolute atomic E-state index is 14.6. The highest BCUT2D eigenvalue weighted by Gasteiger charge is 2.58. The number of pyridine rings is 1. The minimum absolute atomic E-state index is 0.0000244. The fourth-order valence-electron chi connectivity index (χ4n) is 8.00. The molecule has 1 aromatic carbocycles. The van der Waals surface area contributed by atoms with E-state index < -0.39 is 5.41 Å². The summed E-state index contributed by atoms with van der Waals surface area (Å²) in [4.78, 5) is 39.8. The number of fused-ring (bicyclic) bond motifs is 2. The number of likely N-dealkylation sites (tertiary alicyclic amines) is 2. The predicted octanol–water partition coefficient (Wildman–Crippen LogP) is 4.47. The minimum Gasteiger partial charge on any atom is -0.381 e. The van der Waals surface area contributed by atoms with Crippen LogP contribution >= 0.6 is 0 Å². The number of anilines is 1. The summed E-state index contributed by atoms with van der Waals surface area (Å²) in [5, 5.41) is 0. The molecule has 0 N–H and O–H groups in total. The number of aromatic nitrogens is 1. The zero-order chi connectivity index (χ0) is 26.6. The second-order valence-corrected chi connectivity index (χ2v) is 12.4. The third-order valence-electron chi connectivity index (χ3n) is 10.5. The molecule has 2 aliphatic carbocycles. The fourth-order valence-corrected chi connectivity index (χ4v) is 8.00. The Morgan fingerprint density at radius 1 is 0.949 bits per heavy atom. The number of carbonyl (C=O) groups excluding carboxylic acids is 2. The van der Waals surface area contributed by atoms with Crippen molar-refractivity contribution < 1.29 is 14.3 Å². The molecule has 7 heteroatoms. The van der Waals surface area contributed by atoms with E-state index in [1.165, 1.54) is 32.4 Å². The number of methoxy groups -OCH3 is 1. The molecule has 2 aromatic rings. The number of nitrogens with zero attached hydrogens (tertiary/aromatic N) is 4. The Kier molecular flexibility index (Phi) is 6.47. The lowest BCUT2D eigenvalue weighted by Crippen LogP contribution is -2.59. The lowest BCUT2D eigenvalue weighted by atomic mass is 9.69. The van der Waals surface area contributed by atoms with Crippen molar-refractivity contribution in [1.29, 1.82) is 0 Å². The lowest BCUT2D eigenvalue weighted by molar-refractivity contribution is -0.150. The quantitative estimate of drug-likeness (QED) is 0.573. The molecule has 2 atom stereocenters. The van der Waals surface area contributed by atoms with E-state index in [2.05, 4.69) is 34.1 Å². The van der Waals surface area contributed by atoms with Gasteiger partial charge in [0.25, 0.3) is 0 Å². The van der Waals surface area contributed by atoms with E-state index in [0.29, 0.717) is 25.4 Å². The molecule has 4 heterocycles. The van der Waals surface area contributed by atoms with E-state index in [9.17, 15) is 9.59 Å². The summed E-state index contributed by atoms with van der Waals surface area (Å²) in [6, 6.07) is 15.0. The molecule has 2 saturated carbocycles. The first-order chi connectivity index (χ1) is 19.1. The molecule has 0 radical (unpaired) electrons. The molecule has 2 amide bonds. The second-order valence-electron chi connectivity index (χ2n) is 12.4. The molecular weight excluding hydrogens is 488 g/mol. The normalized spacial score (nSPS) is 34.5. The summed E-state index contributed by atoms with van der Waals surface area (Å²) >= 11 is 0. The van der Waals surface area contributed by atoms with Gasteiger partial charge in [0.15, 0.2) is 0 Å². The number of rotatable bonds is 5. The van der Waals surface area contributed by atoms with Crippen LogP contribution in [0.2, 0.25) is 0 Å². The molecule has 1 aromatic heterocycles. The van der Waals surface area contributed by atoms with Crippen LogP contribution in [0.1, 0.15) is 75.1 Å². The van der Waals surface area contributed by atoms with E-state index in [-0.39, 0.29) is 35.9 Å². The van der Waals surface area contributed by atoms with E-state index in [0.717, 1.165) is 42.6 Å². The van der Waals surface area contributed by atoms with Gasteiger partial charge < -0.3 is 19.4 Å². The second kappa shape index (κ2) is 10.0. The average Bonchev–Trinajstić information content (AvgIpc) is 3.16. The molecule has 4 fully saturated rings.